The van der Waals surface area contributed by atoms with Gasteiger partial charge < -0.3 is 49.7 Å². The maximum atomic E-state index is 13.9. The molecule has 12 atom stereocenters. The number of nitrogens with two attached hydrogens (primary N) is 1. The Bertz CT molecular complexity index is 3730. The lowest BCUT2D eigenvalue weighted by Crippen LogP contribution is -2.31. The first-order chi connectivity index (χ1) is 43.2. The topological polar surface area (TPSA) is 247 Å². The Hall–Kier alpha value is -4.45. The minimum atomic E-state index is -3.29. The second kappa shape index (κ2) is 24.2. The molecular weight excluding hydrogens is 1100 g/mol. The molecule has 6 aromatic rings. The zero-order valence-corrected chi connectivity index (χ0v) is 45.0. The summed E-state index contributed by atoms with van der Waals surface area (Å²) >= 11 is 6.67. The molecule has 0 radical (unpaired) electrons. The molecule has 6 fully saturated rings. The Morgan fingerprint density at radius 1 is 0.696 bits per heavy atom. The minimum absolute atomic E-state index is 0.0700. The Labute approximate surface area is 486 Å². The van der Waals surface area contributed by atoms with Gasteiger partial charge in [0, 0.05) is 67.4 Å². The number of aliphatic hydroxyl groups is 2. The van der Waals surface area contributed by atoms with E-state index in [-0.39, 0.29) is 117 Å². The Morgan fingerprint density at radius 3 is 1.67 bits per heavy atom. The largest absolute Gasteiger partial charge is 0.394 e. The van der Waals surface area contributed by atoms with Crippen LogP contribution in [0.25, 0.3) is 22.3 Å². The number of hydrogen-bond acceptors (Lipinski definition) is 20. The van der Waals surface area contributed by atoms with Crippen molar-refractivity contribution in [2.45, 2.75) is 174 Å². The summed E-state index contributed by atoms with van der Waals surface area (Å²) in [4.78, 5) is 17.1. The van der Waals surface area contributed by atoms with Crippen molar-refractivity contribution in [2.75, 3.05) is 43.2 Å². The Kier molecular flexibility index (Phi) is 13.0. The molecule has 2 saturated heterocycles. The number of ether oxygens (including phenoxy) is 6. The van der Waals surface area contributed by atoms with Crippen LogP contribution in [0.2, 0.25) is 5.15 Å². The third kappa shape index (κ3) is 12.8. The SMILES string of the molecule is N[C@@H]1CC1c1ccc(F)c(F)c1.[2H]C([2H])([2H])C([2H])([2H])C([2H])([2H])Sc1nc(Cl)c2nnn([C@@H]3C[C@H](OCCO)[C@H]4OC(C)(C)O[C@H]43)c2n1.[2H]C([2H])([2H])C([2H])([2H])C([2H])([2H])Sc1nc(N[C@@H]2C[C@H]2c2ccc(F)c(F)c2)c2nnn([C@@H]3C[C@H](OCCO)[C@H]4OC(C)(C)O[C@H]43)c2n1. The van der Waals surface area contributed by atoms with Crippen molar-refractivity contribution in [1.82, 2.24) is 49.9 Å². The van der Waals surface area contributed by atoms with Crippen LogP contribution in [0.4, 0.5) is 23.4 Å². The van der Waals surface area contributed by atoms with Gasteiger partial charge in [0.25, 0.3) is 0 Å². The van der Waals surface area contributed by atoms with Crippen molar-refractivity contribution in [3.63, 3.8) is 0 Å². The van der Waals surface area contributed by atoms with Crippen LogP contribution in [-0.4, -0.2) is 158 Å². The van der Waals surface area contributed by atoms with Crippen LogP contribution in [0.1, 0.15) is 134 Å². The van der Waals surface area contributed by atoms with Crippen molar-refractivity contribution in [3.05, 3.63) is 75.9 Å². The summed E-state index contributed by atoms with van der Waals surface area (Å²) in [7, 11) is 0. The number of hydrogen-bond donors (Lipinski definition) is 4. The number of anilines is 1. The van der Waals surface area contributed by atoms with Gasteiger partial charge in [0.1, 0.15) is 24.4 Å². The number of fused-ring (bicyclic) bond motifs is 4. The summed E-state index contributed by atoms with van der Waals surface area (Å²) in [6, 6.07) is 6.46. The van der Waals surface area contributed by atoms with Gasteiger partial charge in [-0.2, -0.15) is 0 Å². The summed E-state index contributed by atoms with van der Waals surface area (Å²) in [6.45, 7) is 0.334. The smallest absolute Gasteiger partial charge is 0.191 e. The van der Waals surface area contributed by atoms with Crippen molar-refractivity contribution in [3.8, 4) is 0 Å². The average molecular weight is 1180 g/mol. The first-order valence-corrected chi connectivity index (χ1v) is 27.1. The number of halogens is 5. The average Bonchev–Trinajstić information content (AvgIpc) is 1.63. The first kappa shape index (κ1) is 42.4. The molecule has 4 aliphatic carbocycles. The van der Waals surface area contributed by atoms with E-state index in [1.54, 1.807) is 33.8 Å². The van der Waals surface area contributed by atoms with Crippen molar-refractivity contribution in [2.24, 2.45) is 5.73 Å². The molecule has 20 nitrogen and oxygen atoms in total. The van der Waals surface area contributed by atoms with E-state index in [2.05, 4.69) is 45.9 Å². The first-order valence-electron chi connectivity index (χ1n) is 32.1. The minimum Gasteiger partial charge on any atom is -0.394 e. The fraction of sp³-hybridized carbons (Fsp3) is 0.615. The molecule has 6 aliphatic rings. The highest BCUT2D eigenvalue weighted by molar-refractivity contribution is 7.99. The molecule has 79 heavy (non-hydrogen) atoms. The molecule has 12 rings (SSSR count). The third-order valence-electron chi connectivity index (χ3n) is 13.9. The summed E-state index contributed by atoms with van der Waals surface area (Å²) < 4.78 is 201. The van der Waals surface area contributed by atoms with Crippen molar-refractivity contribution in [1.29, 1.82) is 0 Å². The van der Waals surface area contributed by atoms with E-state index in [9.17, 15) is 27.8 Å². The standard InChI is InChI=1S/C26H32F2N6O4S.C17H24ClN5O4S.C9H9F2N/c1-4-9-39-25-30-23(29-17-11-14(17)13-5-6-15(27)16(28)10-13)20-24(31-25)34(33-32-20)18-12-19(36-8-7-35)22-21(18)37-26(2,3)38-22;1-4-7-28-16-19-14(18)11-15(20-16)23(22-21-11)9-8-10(25-6-5-24)13-12(9)26-17(2,3)27-13;10-7-2-1-5(3-8(7)11)6-4-9(6)12/h5-6,10,14,17-19,21-22,35H,4,7-9,11-12H2,1-3H3,(H,29,30,31);9-10,12-13,24H,4-8H2,1-3H3;1-3,6,9H,4,12H2/t14-,17+,18+,19-,21-,22+;9-,10+,12+,13-;6?,9-/m011/s1/i1D3,4D2,9D2;1D3,4D2,7D2;. The highest BCUT2D eigenvalue weighted by atomic mass is 35.5. The van der Waals surface area contributed by atoms with E-state index in [0.717, 1.165) is 30.2 Å². The number of aromatic nitrogens is 10. The molecule has 2 aromatic carbocycles. The number of aliphatic hydroxyl groups excluding tert-OH is 2. The molecule has 4 saturated carbocycles. The number of nitrogens with one attached hydrogen (secondary N) is 1. The molecule has 6 heterocycles. The number of nitrogens with zero attached hydrogens (tertiary/aromatic N) is 10. The van der Waals surface area contributed by atoms with Crippen LogP contribution in [0.3, 0.4) is 0 Å². The third-order valence-corrected chi connectivity index (χ3v) is 15.3. The zero-order chi connectivity index (χ0) is 68.1. The summed E-state index contributed by atoms with van der Waals surface area (Å²) in [5.74, 6) is -5.22. The van der Waals surface area contributed by atoms with Crippen LogP contribution in [0.15, 0.2) is 46.7 Å². The van der Waals surface area contributed by atoms with Crippen molar-refractivity contribution < 1.29 is 75.4 Å². The molecule has 2 aliphatic heterocycles. The van der Waals surface area contributed by atoms with E-state index in [1.807, 2.05) is 0 Å². The van der Waals surface area contributed by atoms with E-state index >= 15 is 0 Å². The lowest BCUT2D eigenvalue weighted by atomic mass is 10.1. The van der Waals surface area contributed by atoms with Gasteiger partial charge >= 0.3 is 0 Å². The number of benzene rings is 2. The van der Waals surface area contributed by atoms with Crippen LogP contribution < -0.4 is 11.1 Å². The highest BCUT2D eigenvalue weighted by Crippen LogP contribution is 2.48. The fourth-order valence-corrected chi connectivity index (χ4v) is 11.5. The van der Waals surface area contributed by atoms with Gasteiger partial charge in [-0.05, 0) is 88.7 Å². The second-order valence-electron chi connectivity index (χ2n) is 20.2. The van der Waals surface area contributed by atoms with E-state index in [0.29, 0.717) is 24.8 Å². The summed E-state index contributed by atoms with van der Waals surface area (Å²) in [5.41, 5.74) is 1.62. The summed E-state index contributed by atoms with van der Waals surface area (Å²) in [5, 5.41) is 37.8. The normalized spacial score (nSPS) is 32.5. The van der Waals surface area contributed by atoms with Crippen LogP contribution >= 0.6 is 35.1 Å². The van der Waals surface area contributed by atoms with Gasteiger partial charge in [-0.15, -0.1) is 10.2 Å². The molecule has 0 amide bonds. The van der Waals surface area contributed by atoms with Crippen LogP contribution in [0.5, 0.6) is 0 Å². The predicted molar refractivity (Wildman–Crippen MR) is 285 cm³/mol. The quantitative estimate of drug-likeness (QED) is 0.0277. The molecule has 0 bridgehead atoms. The Morgan fingerprint density at radius 2 is 1.18 bits per heavy atom. The molecule has 5 N–H and O–H groups in total. The van der Waals surface area contributed by atoms with Gasteiger partial charge in [0.05, 0.1) is 50.7 Å². The van der Waals surface area contributed by atoms with Crippen LogP contribution in [-0.2, 0) is 28.4 Å². The van der Waals surface area contributed by atoms with Gasteiger partial charge in [0.15, 0.2) is 78.5 Å². The molecular formula is C52H65ClF4N12O8S2. The lowest BCUT2D eigenvalue weighted by Gasteiger charge is -2.23. The molecule has 428 valence electrons. The van der Waals surface area contributed by atoms with Gasteiger partial charge in [0.2, 0.25) is 0 Å². The molecule has 1 unspecified atom stereocenters. The second-order valence-corrected chi connectivity index (χ2v) is 22.1. The van der Waals surface area contributed by atoms with Gasteiger partial charge in [-0.1, -0.05) is 71.4 Å². The van der Waals surface area contributed by atoms with Gasteiger partial charge in [-0.3, -0.25) is 0 Å². The zero-order valence-electron chi connectivity index (χ0n) is 56.6. The van der Waals surface area contributed by atoms with E-state index in [4.69, 9.17) is 64.9 Å². The summed E-state index contributed by atoms with van der Waals surface area (Å²) in [6.07, 6.45) is -7.26. The highest BCUT2D eigenvalue weighted by Gasteiger charge is 2.57. The molecule has 4 aromatic heterocycles. The van der Waals surface area contributed by atoms with Gasteiger partial charge in [-0.25, -0.2) is 46.9 Å². The van der Waals surface area contributed by atoms with E-state index < -0.39 is 121 Å². The lowest BCUT2D eigenvalue weighted by molar-refractivity contribution is -0.171. The fourth-order valence-electron chi connectivity index (χ4n) is 10.4. The maximum absolute atomic E-state index is 13.9. The number of rotatable bonds is 18. The number of thioether (sulfide) groups is 2. The Balaban J connectivity index is 0.000000176. The molecule has 27 heteroatoms. The predicted octanol–water partition coefficient (Wildman–Crippen LogP) is 7.81. The van der Waals surface area contributed by atoms with Crippen LogP contribution in [0, 0.1) is 23.3 Å². The maximum Gasteiger partial charge on any atom is 0.191 e. The monoisotopic (exact) mass is 1170 g/mol. The molecule has 0 spiro atoms. The van der Waals surface area contributed by atoms with E-state index in [1.165, 1.54) is 21.5 Å². The van der Waals surface area contributed by atoms with Crippen molar-refractivity contribution >= 4 is 63.3 Å².